The number of carbonyl (C=O) groups excluding carboxylic acids is 2. The molecule has 0 aliphatic carbocycles. The molecule has 3 aromatic rings. The number of rotatable bonds is 14. The highest BCUT2D eigenvalue weighted by molar-refractivity contribution is 7.92. The Morgan fingerprint density at radius 1 is 0.905 bits per heavy atom. The second kappa shape index (κ2) is 14.7. The molecule has 0 saturated heterocycles. The summed E-state index contributed by atoms with van der Waals surface area (Å²) < 4.78 is 40.0. The van der Waals surface area contributed by atoms with E-state index < -0.39 is 28.5 Å². The first-order chi connectivity index (χ1) is 20.1. The van der Waals surface area contributed by atoms with Crippen molar-refractivity contribution < 1.29 is 27.5 Å². The van der Waals surface area contributed by atoms with Crippen molar-refractivity contribution in [2.75, 3.05) is 31.6 Å². The predicted octanol–water partition coefficient (Wildman–Crippen LogP) is 4.85. The minimum absolute atomic E-state index is 0.0360. The first-order valence-electron chi connectivity index (χ1n) is 14.0. The summed E-state index contributed by atoms with van der Waals surface area (Å²) in [6, 6.07) is 18.0. The lowest BCUT2D eigenvalue weighted by atomic mass is 10.1. The van der Waals surface area contributed by atoms with Gasteiger partial charge in [-0.05, 0) is 62.1 Å². The van der Waals surface area contributed by atoms with E-state index in [2.05, 4.69) is 5.32 Å². The van der Waals surface area contributed by atoms with Crippen LogP contribution in [0.4, 0.5) is 5.69 Å². The number of benzene rings is 3. The van der Waals surface area contributed by atoms with E-state index in [1.807, 2.05) is 52.0 Å². The Kier molecular flexibility index (Phi) is 11.4. The van der Waals surface area contributed by atoms with Gasteiger partial charge in [0.1, 0.15) is 12.6 Å². The smallest absolute Gasteiger partial charge is 0.264 e. The Balaban J connectivity index is 2.12. The van der Waals surface area contributed by atoms with Crippen LogP contribution in [-0.4, -0.2) is 58.5 Å². The van der Waals surface area contributed by atoms with Crippen molar-refractivity contribution in [1.82, 2.24) is 10.2 Å². The van der Waals surface area contributed by atoms with Crippen LogP contribution in [0.1, 0.15) is 43.4 Å². The summed E-state index contributed by atoms with van der Waals surface area (Å²) >= 11 is 0. The van der Waals surface area contributed by atoms with E-state index in [4.69, 9.17) is 9.47 Å². The molecule has 226 valence electrons. The van der Waals surface area contributed by atoms with Crippen LogP contribution >= 0.6 is 0 Å². The minimum Gasteiger partial charge on any atom is -0.493 e. The number of hydrogen-bond acceptors (Lipinski definition) is 6. The van der Waals surface area contributed by atoms with Crippen LogP contribution in [0.2, 0.25) is 0 Å². The van der Waals surface area contributed by atoms with Crippen molar-refractivity contribution in [3.05, 3.63) is 83.4 Å². The van der Waals surface area contributed by atoms with E-state index in [1.165, 1.54) is 37.3 Å². The number of carbonyl (C=O) groups is 2. The number of amides is 2. The monoisotopic (exact) mass is 595 g/mol. The molecule has 0 aromatic heterocycles. The maximum atomic E-state index is 14.2. The van der Waals surface area contributed by atoms with Crippen molar-refractivity contribution in [3.63, 3.8) is 0 Å². The highest BCUT2D eigenvalue weighted by Crippen LogP contribution is 2.34. The summed E-state index contributed by atoms with van der Waals surface area (Å²) in [5, 5.41) is 2.90. The van der Waals surface area contributed by atoms with Gasteiger partial charge in [0.15, 0.2) is 11.5 Å². The van der Waals surface area contributed by atoms with Gasteiger partial charge >= 0.3 is 0 Å². The molecule has 2 amide bonds. The van der Waals surface area contributed by atoms with Crippen molar-refractivity contribution >= 4 is 27.5 Å². The fourth-order valence-electron chi connectivity index (χ4n) is 4.60. The fourth-order valence-corrected chi connectivity index (χ4v) is 6.01. The molecule has 9 nitrogen and oxygen atoms in total. The highest BCUT2D eigenvalue weighted by Gasteiger charge is 2.34. The van der Waals surface area contributed by atoms with E-state index in [-0.39, 0.29) is 23.0 Å². The van der Waals surface area contributed by atoms with E-state index >= 15 is 0 Å². The molecule has 0 saturated carbocycles. The van der Waals surface area contributed by atoms with Gasteiger partial charge in [0.05, 0.1) is 24.8 Å². The molecule has 0 aliphatic heterocycles. The molecule has 1 atom stereocenters. The number of anilines is 1. The van der Waals surface area contributed by atoms with Crippen LogP contribution in [0.3, 0.4) is 0 Å². The molecule has 0 unspecified atom stereocenters. The Morgan fingerprint density at radius 2 is 1.57 bits per heavy atom. The lowest BCUT2D eigenvalue weighted by molar-refractivity contribution is -0.140. The Morgan fingerprint density at radius 3 is 2.17 bits per heavy atom. The van der Waals surface area contributed by atoms with E-state index in [1.54, 1.807) is 24.3 Å². The van der Waals surface area contributed by atoms with Gasteiger partial charge in [0, 0.05) is 19.2 Å². The first-order valence-corrected chi connectivity index (χ1v) is 15.4. The fraction of sp³-hybridized carbons (Fsp3) is 0.375. The second-order valence-corrected chi connectivity index (χ2v) is 11.9. The van der Waals surface area contributed by atoms with Gasteiger partial charge in [-0.15, -0.1) is 0 Å². The van der Waals surface area contributed by atoms with Crippen molar-refractivity contribution in [3.8, 4) is 11.5 Å². The Hall–Kier alpha value is -4.05. The molecule has 0 aliphatic rings. The molecule has 1 N–H and O–H groups in total. The number of sulfonamides is 1. The average Bonchev–Trinajstić information content (AvgIpc) is 2.99. The van der Waals surface area contributed by atoms with Crippen LogP contribution in [0.15, 0.2) is 71.6 Å². The number of aryl methyl sites for hydroxylation is 2. The zero-order chi connectivity index (χ0) is 30.9. The molecule has 3 rings (SSSR count). The van der Waals surface area contributed by atoms with Crippen molar-refractivity contribution in [2.24, 2.45) is 0 Å². The lowest BCUT2D eigenvalue weighted by Crippen LogP contribution is -2.52. The normalized spacial score (nSPS) is 11.9. The largest absolute Gasteiger partial charge is 0.493 e. The summed E-state index contributed by atoms with van der Waals surface area (Å²) in [5.41, 5.74) is 2.95. The topological polar surface area (TPSA) is 105 Å². The summed E-state index contributed by atoms with van der Waals surface area (Å²) in [6.45, 7) is 7.68. The van der Waals surface area contributed by atoms with Crippen LogP contribution in [0.25, 0.3) is 0 Å². The van der Waals surface area contributed by atoms with Crippen LogP contribution in [0.5, 0.6) is 11.5 Å². The third-order valence-corrected chi connectivity index (χ3v) is 8.87. The van der Waals surface area contributed by atoms with Gasteiger partial charge in [-0.2, -0.15) is 0 Å². The van der Waals surface area contributed by atoms with Gasteiger partial charge in [0.25, 0.3) is 10.0 Å². The molecule has 0 spiro atoms. The highest BCUT2D eigenvalue weighted by atomic mass is 32.2. The molecule has 42 heavy (non-hydrogen) atoms. The van der Waals surface area contributed by atoms with Crippen molar-refractivity contribution in [1.29, 1.82) is 0 Å². The summed E-state index contributed by atoms with van der Waals surface area (Å²) in [4.78, 5) is 29.0. The van der Waals surface area contributed by atoms with Crippen LogP contribution in [-0.2, 0) is 26.2 Å². The van der Waals surface area contributed by atoms with Gasteiger partial charge in [-0.3, -0.25) is 13.9 Å². The van der Waals surface area contributed by atoms with Gasteiger partial charge in [0.2, 0.25) is 11.8 Å². The zero-order valence-electron chi connectivity index (χ0n) is 25.2. The zero-order valence-corrected chi connectivity index (χ0v) is 26.0. The van der Waals surface area contributed by atoms with E-state index in [9.17, 15) is 18.0 Å². The van der Waals surface area contributed by atoms with Gasteiger partial charge in [-0.25, -0.2) is 8.42 Å². The molecule has 0 heterocycles. The average molecular weight is 596 g/mol. The Labute approximate surface area is 249 Å². The summed E-state index contributed by atoms with van der Waals surface area (Å²) in [6.07, 6.45) is 1.10. The lowest BCUT2D eigenvalue weighted by Gasteiger charge is -2.33. The molecule has 0 radical (unpaired) electrons. The third kappa shape index (κ3) is 7.61. The molecular weight excluding hydrogens is 554 g/mol. The van der Waals surface area contributed by atoms with Crippen molar-refractivity contribution in [2.45, 2.75) is 58.0 Å². The first kappa shape index (κ1) is 32.5. The maximum Gasteiger partial charge on any atom is 0.264 e. The number of nitrogens with zero attached hydrogens (tertiary/aromatic N) is 2. The van der Waals surface area contributed by atoms with E-state index in [0.29, 0.717) is 24.5 Å². The molecular formula is C32H41N3O6S. The van der Waals surface area contributed by atoms with Gasteiger partial charge < -0.3 is 19.7 Å². The second-order valence-electron chi connectivity index (χ2n) is 10.0. The molecule has 0 fully saturated rings. The number of methoxy groups -OCH3 is 2. The summed E-state index contributed by atoms with van der Waals surface area (Å²) in [7, 11) is -1.26. The van der Waals surface area contributed by atoms with Crippen LogP contribution < -0.4 is 19.1 Å². The quantitative estimate of drug-likeness (QED) is 0.286. The molecule has 3 aromatic carbocycles. The third-order valence-electron chi connectivity index (χ3n) is 7.08. The number of hydrogen-bond donors (Lipinski definition) is 1. The minimum atomic E-state index is -4.20. The number of ether oxygens (including phenoxy) is 2. The maximum absolute atomic E-state index is 14.2. The summed E-state index contributed by atoms with van der Waals surface area (Å²) in [5.74, 6) is -0.0589. The molecule has 0 bridgehead atoms. The number of nitrogens with one attached hydrogen (secondary N) is 1. The van der Waals surface area contributed by atoms with Gasteiger partial charge in [-0.1, -0.05) is 55.8 Å². The standard InChI is InChI=1S/C32H41N3O6S/c1-7-19-33-32(37)28(8-2)34(21-25-12-10-9-11-24(25)4)31(36)22-35(26-15-18-29(40-5)30(20-26)41-6)42(38,39)27-16-13-23(3)14-17-27/h9-18,20,28H,7-8,19,21-22H2,1-6H3,(H,33,37)/t28-/m0/s1. The predicted molar refractivity (Wildman–Crippen MR) is 164 cm³/mol. The SMILES string of the molecule is CCCNC(=O)[C@H](CC)N(Cc1ccccc1C)C(=O)CN(c1ccc(OC)c(OC)c1)S(=O)(=O)c1ccc(C)cc1. The van der Waals surface area contributed by atoms with E-state index in [0.717, 1.165) is 27.4 Å². The molecule has 10 heteroatoms. The van der Waals surface area contributed by atoms with Crippen LogP contribution in [0, 0.1) is 13.8 Å². The Bertz CT molecular complexity index is 1470.